The molecule has 3 rings (SSSR count). The highest BCUT2D eigenvalue weighted by Crippen LogP contribution is 2.19. The van der Waals surface area contributed by atoms with Crippen LogP contribution in [0, 0.1) is 0 Å². The lowest BCUT2D eigenvalue weighted by atomic mass is 10.0. The summed E-state index contributed by atoms with van der Waals surface area (Å²) in [6, 6.07) is 8.08. The molecule has 0 aliphatic heterocycles. The number of hydrogen-bond donors (Lipinski definition) is 2. The van der Waals surface area contributed by atoms with E-state index in [2.05, 4.69) is 40.9 Å². The predicted octanol–water partition coefficient (Wildman–Crippen LogP) is 1.81. The van der Waals surface area contributed by atoms with Crippen LogP contribution in [0.1, 0.15) is 25.3 Å². The van der Waals surface area contributed by atoms with Crippen LogP contribution in [-0.4, -0.2) is 19.5 Å². The summed E-state index contributed by atoms with van der Waals surface area (Å²) in [4.78, 5) is 22.4. The van der Waals surface area contributed by atoms with Crippen molar-refractivity contribution in [2.45, 2.75) is 19.8 Å². The molecular weight excluding hydrogens is 254 g/mol. The second-order valence-electron chi connectivity index (χ2n) is 4.98. The summed E-state index contributed by atoms with van der Waals surface area (Å²) in [5.74, 6) is 0.559. The van der Waals surface area contributed by atoms with E-state index < -0.39 is 0 Å². The Balaban J connectivity index is 2.17. The number of rotatable bonds is 2. The maximum absolute atomic E-state index is 11.7. The van der Waals surface area contributed by atoms with E-state index in [1.807, 2.05) is 12.1 Å². The maximum Gasteiger partial charge on any atom is 0.280 e. The molecule has 0 aliphatic carbocycles. The van der Waals surface area contributed by atoms with Crippen LogP contribution in [0.25, 0.3) is 16.9 Å². The predicted molar refractivity (Wildman–Crippen MR) is 78.0 cm³/mol. The summed E-state index contributed by atoms with van der Waals surface area (Å²) in [7, 11) is 0. The van der Waals surface area contributed by atoms with Crippen molar-refractivity contribution in [2.75, 3.05) is 5.73 Å². The fourth-order valence-corrected chi connectivity index (χ4v) is 2.14. The number of nitrogens with zero attached hydrogens (tertiary/aromatic N) is 3. The molecule has 0 aliphatic rings. The fraction of sp³-hybridized carbons (Fsp3) is 0.214. The molecule has 2 heterocycles. The summed E-state index contributed by atoms with van der Waals surface area (Å²) in [5, 5.41) is 0. The first-order valence-corrected chi connectivity index (χ1v) is 6.39. The number of aromatic amines is 1. The Hall–Kier alpha value is -2.63. The second kappa shape index (κ2) is 4.48. The molecule has 0 amide bonds. The van der Waals surface area contributed by atoms with Gasteiger partial charge in [0.1, 0.15) is 6.33 Å². The van der Waals surface area contributed by atoms with Gasteiger partial charge >= 0.3 is 0 Å². The quantitative estimate of drug-likeness (QED) is 0.742. The summed E-state index contributed by atoms with van der Waals surface area (Å²) >= 11 is 0. The first-order chi connectivity index (χ1) is 9.56. The van der Waals surface area contributed by atoms with Gasteiger partial charge in [-0.3, -0.25) is 14.3 Å². The number of aromatic nitrogens is 4. The van der Waals surface area contributed by atoms with Gasteiger partial charge in [-0.15, -0.1) is 0 Å². The van der Waals surface area contributed by atoms with Crippen molar-refractivity contribution in [1.29, 1.82) is 0 Å². The number of nitrogens with two attached hydrogens (primary N) is 1. The largest absolute Gasteiger partial charge is 0.369 e. The molecule has 0 bridgehead atoms. The van der Waals surface area contributed by atoms with Crippen LogP contribution in [0.15, 0.2) is 35.4 Å². The van der Waals surface area contributed by atoms with Crippen molar-refractivity contribution in [3.05, 3.63) is 46.5 Å². The van der Waals surface area contributed by atoms with Gasteiger partial charge in [0.2, 0.25) is 5.95 Å². The molecule has 0 fully saturated rings. The van der Waals surface area contributed by atoms with Crippen LogP contribution in [0.4, 0.5) is 5.95 Å². The molecule has 0 atom stereocenters. The van der Waals surface area contributed by atoms with Crippen molar-refractivity contribution in [3.8, 4) is 5.69 Å². The van der Waals surface area contributed by atoms with Crippen LogP contribution in [0.3, 0.4) is 0 Å². The average molecular weight is 269 g/mol. The number of nitrogen functional groups attached to an aromatic ring is 1. The Morgan fingerprint density at radius 3 is 2.60 bits per heavy atom. The zero-order chi connectivity index (χ0) is 14.3. The third kappa shape index (κ3) is 1.95. The van der Waals surface area contributed by atoms with Crippen molar-refractivity contribution in [1.82, 2.24) is 19.5 Å². The normalized spacial score (nSPS) is 11.3. The molecule has 20 heavy (non-hydrogen) atoms. The number of anilines is 1. The van der Waals surface area contributed by atoms with Gasteiger partial charge in [-0.2, -0.15) is 4.98 Å². The van der Waals surface area contributed by atoms with E-state index in [4.69, 9.17) is 5.73 Å². The summed E-state index contributed by atoms with van der Waals surface area (Å²) < 4.78 is 1.76. The van der Waals surface area contributed by atoms with Gasteiger partial charge in [-0.05, 0) is 23.6 Å². The minimum Gasteiger partial charge on any atom is -0.369 e. The lowest BCUT2D eigenvalue weighted by Gasteiger charge is -2.08. The first-order valence-electron chi connectivity index (χ1n) is 6.39. The second-order valence-corrected chi connectivity index (χ2v) is 4.98. The molecule has 0 spiro atoms. The van der Waals surface area contributed by atoms with E-state index in [1.54, 1.807) is 10.9 Å². The van der Waals surface area contributed by atoms with Crippen molar-refractivity contribution < 1.29 is 0 Å². The standard InChI is InChI=1S/C14H15N5O/c1-8(2)9-3-5-10(6-4-9)19-7-16-11-12(19)17-14(15)18-13(11)20/h3-8H,1-2H3,(H3,15,17,18,20). The molecule has 6 heteroatoms. The van der Waals surface area contributed by atoms with E-state index in [1.165, 1.54) is 5.56 Å². The number of nitrogens with one attached hydrogen (secondary N) is 1. The third-order valence-corrected chi connectivity index (χ3v) is 3.26. The number of H-pyrrole nitrogens is 1. The SMILES string of the molecule is CC(C)c1ccc(-n2cnc3c(=O)[nH]c(N)nc32)cc1. The monoisotopic (exact) mass is 269 g/mol. The fourth-order valence-electron chi connectivity index (χ4n) is 2.14. The maximum atomic E-state index is 11.7. The lowest BCUT2D eigenvalue weighted by molar-refractivity contribution is 0.865. The van der Waals surface area contributed by atoms with Gasteiger partial charge in [0, 0.05) is 5.69 Å². The Kier molecular flexibility index (Phi) is 2.78. The minimum absolute atomic E-state index is 0.0862. The van der Waals surface area contributed by atoms with E-state index >= 15 is 0 Å². The highest BCUT2D eigenvalue weighted by Gasteiger charge is 2.10. The van der Waals surface area contributed by atoms with Gasteiger partial charge < -0.3 is 5.73 Å². The minimum atomic E-state index is -0.329. The lowest BCUT2D eigenvalue weighted by Crippen LogP contribution is -2.12. The van der Waals surface area contributed by atoms with Crippen LogP contribution in [0.2, 0.25) is 0 Å². The van der Waals surface area contributed by atoms with Crippen LogP contribution in [0.5, 0.6) is 0 Å². The summed E-state index contributed by atoms with van der Waals surface area (Å²) in [5.41, 5.74) is 8.16. The molecule has 0 unspecified atom stereocenters. The van der Waals surface area contributed by atoms with E-state index in [9.17, 15) is 4.79 Å². The van der Waals surface area contributed by atoms with Crippen molar-refractivity contribution >= 4 is 17.1 Å². The van der Waals surface area contributed by atoms with Gasteiger partial charge in [-0.1, -0.05) is 26.0 Å². The summed E-state index contributed by atoms with van der Waals surface area (Å²) in [6.45, 7) is 4.28. The topological polar surface area (TPSA) is 89.6 Å². The number of fused-ring (bicyclic) bond motifs is 1. The van der Waals surface area contributed by atoms with Crippen molar-refractivity contribution in [2.24, 2.45) is 0 Å². The number of benzene rings is 1. The molecule has 102 valence electrons. The van der Waals surface area contributed by atoms with E-state index in [0.29, 0.717) is 11.6 Å². The van der Waals surface area contributed by atoms with E-state index in [0.717, 1.165) is 5.69 Å². The molecule has 3 aromatic rings. The van der Waals surface area contributed by atoms with Crippen LogP contribution >= 0.6 is 0 Å². The van der Waals surface area contributed by atoms with E-state index in [-0.39, 0.29) is 17.0 Å². The average Bonchev–Trinajstić information content (AvgIpc) is 2.82. The molecule has 1 aromatic carbocycles. The van der Waals surface area contributed by atoms with Gasteiger partial charge in [0.05, 0.1) is 0 Å². The highest BCUT2D eigenvalue weighted by atomic mass is 16.1. The smallest absolute Gasteiger partial charge is 0.280 e. The van der Waals surface area contributed by atoms with Gasteiger partial charge in [0.25, 0.3) is 5.56 Å². The van der Waals surface area contributed by atoms with Crippen molar-refractivity contribution in [3.63, 3.8) is 0 Å². The molecular formula is C14H15N5O. The van der Waals surface area contributed by atoms with Crippen LogP contribution < -0.4 is 11.3 Å². The van der Waals surface area contributed by atoms with Gasteiger partial charge in [-0.25, -0.2) is 4.98 Å². The zero-order valence-corrected chi connectivity index (χ0v) is 11.3. The molecule has 0 saturated carbocycles. The number of hydrogen-bond acceptors (Lipinski definition) is 4. The molecule has 2 aromatic heterocycles. The Labute approximate surface area is 115 Å². The van der Waals surface area contributed by atoms with Crippen LogP contribution in [-0.2, 0) is 0 Å². The Morgan fingerprint density at radius 2 is 1.95 bits per heavy atom. The Bertz CT molecular complexity index is 814. The third-order valence-electron chi connectivity index (χ3n) is 3.26. The van der Waals surface area contributed by atoms with Gasteiger partial charge in [0.15, 0.2) is 11.2 Å². The molecule has 0 radical (unpaired) electrons. The summed E-state index contributed by atoms with van der Waals surface area (Å²) in [6.07, 6.45) is 1.58. The number of imidazole rings is 1. The first kappa shape index (κ1) is 12.4. The Morgan fingerprint density at radius 1 is 1.25 bits per heavy atom. The zero-order valence-electron chi connectivity index (χ0n) is 11.3. The molecule has 0 saturated heterocycles. The molecule has 3 N–H and O–H groups in total. The highest BCUT2D eigenvalue weighted by molar-refractivity contribution is 5.72. The molecule has 6 nitrogen and oxygen atoms in total.